The molecule has 0 amide bonds. The molecule has 10 aromatic carbocycles. The van der Waals surface area contributed by atoms with Crippen molar-refractivity contribution in [3.63, 3.8) is 0 Å². The van der Waals surface area contributed by atoms with Gasteiger partial charge in [-0.3, -0.25) is 0 Å². The monoisotopic (exact) mass is 606 g/mol. The molecule has 0 nitrogen and oxygen atoms in total. The molecule has 0 unspecified atom stereocenters. The van der Waals surface area contributed by atoms with Crippen LogP contribution >= 0.6 is 0 Å². The van der Waals surface area contributed by atoms with E-state index in [4.69, 9.17) is 0 Å². The maximum Gasteiger partial charge on any atom is -0.00199 e. The number of rotatable bonds is 3. The third kappa shape index (κ3) is 4.10. The number of hydrogen-bond acceptors (Lipinski definition) is 0. The SMILES string of the molecule is c1cc(-c2ccc3c(ccc4ccccc43)c2)cc(-c2c3ccccc3c(-c3cc4ccccc4c4ccccc34)c3ccccc23)c1. The highest BCUT2D eigenvalue weighted by atomic mass is 14.2. The van der Waals surface area contributed by atoms with Crippen molar-refractivity contribution in [2.75, 3.05) is 0 Å². The summed E-state index contributed by atoms with van der Waals surface area (Å²) in [5.74, 6) is 0. The van der Waals surface area contributed by atoms with E-state index in [2.05, 4.69) is 182 Å². The summed E-state index contributed by atoms with van der Waals surface area (Å²) < 4.78 is 0. The van der Waals surface area contributed by atoms with Gasteiger partial charge in [-0.25, -0.2) is 0 Å². The molecule has 0 atom stereocenters. The zero-order valence-electron chi connectivity index (χ0n) is 26.3. The minimum atomic E-state index is 1.22. The molecule has 0 aliphatic heterocycles. The Labute approximate surface area is 279 Å². The molecule has 0 spiro atoms. The van der Waals surface area contributed by atoms with Crippen molar-refractivity contribution in [2.45, 2.75) is 0 Å². The molecule has 0 radical (unpaired) electrons. The molecule has 0 saturated carbocycles. The molecule has 10 aromatic rings. The van der Waals surface area contributed by atoms with Gasteiger partial charge >= 0.3 is 0 Å². The maximum absolute atomic E-state index is 2.40. The average Bonchev–Trinajstić information content (AvgIpc) is 3.16. The Kier molecular flexibility index (Phi) is 5.98. The van der Waals surface area contributed by atoms with Crippen molar-refractivity contribution in [2.24, 2.45) is 0 Å². The van der Waals surface area contributed by atoms with Gasteiger partial charge in [0.05, 0.1) is 0 Å². The van der Waals surface area contributed by atoms with Crippen molar-refractivity contribution in [1.29, 1.82) is 0 Å². The van der Waals surface area contributed by atoms with Gasteiger partial charge in [-0.05, 0) is 116 Å². The number of benzene rings is 10. The van der Waals surface area contributed by atoms with Crippen LogP contribution in [0.3, 0.4) is 0 Å². The van der Waals surface area contributed by atoms with Gasteiger partial charge < -0.3 is 0 Å². The lowest BCUT2D eigenvalue weighted by atomic mass is 9.83. The van der Waals surface area contributed by atoms with Gasteiger partial charge in [0.25, 0.3) is 0 Å². The fourth-order valence-corrected chi connectivity index (χ4v) is 8.04. The molecule has 48 heavy (non-hydrogen) atoms. The van der Waals surface area contributed by atoms with E-state index in [-0.39, 0.29) is 0 Å². The van der Waals surface area contributed by atoms with Crippen molar-refractivity contribution in [1.82, 2.24) is 0 Å². The van der Waals surface area contributed by atoms with Crippen LogP contribution in [0.1, 0.15) is 0 Å². The molecule has 0 fully saturated rings. The Morgan fingerprint density at radius 1 is 0.208 bits per heavy atom. The van der Waals surface area contributed by atoms with Gasteiger partial charge in [-0.15, -0.1) is 0 Å². The normalized spacial score (nSPS) is 11.8. The van der Waals surface area contributed by atoms with Gasteiger partial charge in [-0.1, -0.05) is 164 Å². The van der Waals surface area contributed by atoms with Crippen LogP contribution < -0.4 is 0 Å². The van der Waals surface area contributed by atoms with Gasteiger partial charge in [0.15, 0.2) is 0 Å². The highest BCUT2D eigenvalue weighted by Gasteiger charge is 2.19. The number of hydrogen-bond donors (Lipinski definition) is 0. The van der Waals surface area contributed by atoms with Crippen LogP contribution in [0.2, 0.25) is 0 Å². The standard InChI is InChI=1S/C48H30/c1-3-16-37-31(12-1)24-25-35-28-33(26-27-39(35)37)32-14-11-15-36(29-32)47-42-20-7-9-22-44(42)48(45-23-10-8-21-43(45)47)46-30-34-13-2-4-17-38(34)40-18-5-6-19-41(40)46/h1-30H. The van der Waals surface area contributed by atoms with Crippen LogP contribution in [0.15, 0.2) is 182 Å². The molecule has 0 heterocycles. The topological polar surface area (TPSA) is 0 Å². The second kappa shape index (κ2) is 10.7. The molecule has 10 rings (SSSR count). The van der Waals surface area contributed by atoms with Crippen molar-refractivity contribution >= 4 is 64.6 Å². The molecule has 0 saturated heterocycles. The molecule has 0 heteroatoms. The van der Waals surface area contributed by atoms with E-state index in [1.165, 1.54) is 98.0 Å². The summed E-state index contributed by atoms with van der Waals surface area (Å²) in [6.45, 7) is 0. The Balaban J connectivity index is 1.22. The van der Waals surface area contributed by atoms with Gasteiger partial charge in [0, 0.05) is 0 Å². The first-order valence-corrected chi connectivity index (χ1v) is 16.7. The first kappa shape index (κ1) is 26.9. The van der Waals surface area contributed by atoms with Crippen LogP contribution in [-0.2, 0) is 0 Å². The largest absolute Gasteiger partial charge is 0.0616 e. The Morgan fingerprint density at radius 2 is 0.667 bits per heavy atom. The average molecular weight is 607 g/mol. The minimum absolute atomic E-state index is 1.22. The summed E-state index contributed by atoms with van der Waals surface area (Å²) >= 11 is 0. The van der Waals surface area contributed by atoms with Gasteiger partial charge in [0.2, 0.25) is 0 Å². The zero-order chi connectivity index (χ0) is 31.6. The molecule has 0 aliphatic rings. The summed E-state index contributed by atoms with van der Waals surface area (Å²) in [6.07, 6.45) is 0. The zero-order valence-corrected chi connectivity index (χ0v) is 26.3. The van der Waals surface area contributed by atoms with E-state index >= 15 is 0 Å². The first-order chi connectivity index (χ1) is 23.8. The Morgan fingerprint density at radius 3 is 1.38 bits per heavy atom. The summed E-state index contributed by atoms with van der Waals surface area (Å²) in [6, 6.07) is 67.1. The van der Waals surface area contributed by atoms with Crippen LogP contribution in [0.4, 0.5) is 0 Å². The second-order valence-electron chi connectivity index (χ2n) is 12.8. The highest BCUT2D eigenvalue weighted by molar-refractivity contribution is 6.25. The van der Waals surface area contributed by atoms with Gasteiger partial charge in [-0.2, -0.15) is 0 Å². The van der Waals surface area contributed by atoms with E-state index in [0.717, 1.165) is 0 Å². The minimum Gasteiger partial charge on any atom is -0.0616 e. The van der Waals surface area contributed by atoms with Crippen LogP contribution in [0.25, 0.3) is 98.0 Å². The van der Waals surface area contributed by atoms with E-state index in [1.807, 2.05) is 0 Å². The molecular weight excluding hydrogens is 577 g/mol. The van der Waals surface area contributed by atoms with E-state index in [1.54, 1.807) is 0 Å². The van der Waals surface area contributed by atoms with Crippen LogP contribution in [0.5, 0.6) is 0 Å². The maximum atomic E-state index is 2.40. The van der Waals surface area contributed by atoms with Crippen molar-refractivity contribution in [3.05, 3.63) is 182 Å². The number of fused-ring (bicyclic) bond motifs is 8. The summed E-state index contributed by atoms with van der Waals surface area (Å²) in [5.41, 5.74) is 7.54. The third-order valence-electron chi connectivity index (χ3n) is 10.2. The van der Waals surface area contributed by atoms with Crippen molar-refractivity contribution < 1.29 is 0 Å². The quantitative estimate of drug-likeness (QED) is 0.139. The lowest BCUT2D eigenvalue weighted by molar-refractivity contribution is 1.63. The molecule has 0 aromatic heterocycles. The molecule has 222 valence electrons. The third-order valence-corrected chi connectivity index (χ3v) is 10.2. The molecular formula is C48H30. The summed E-state index contributed by atoms with van der Waals surface area (Å²) in [7, 11) is 0. The smallest absolute Gasteiger partial charge is 0.00199 e. The second-order valence-corrected chi connectivity index (χ2v) is 12.8. The summed E-state index contributed by atoms with van der Waals surface area (Å²) in [5, 5.41) is 15.3. The summed E-state index contributed by atoms with van der Waals surface area (Å²) in [4.78, 5) is 0. The van der Waals surface area contributed by atoms with Crippen molar-refractivity contribution in [3.8, 4) is 33.4 Å². The highest BCUT2D eigenvalue weighted by Crippen LogP contribution is 2.47. The first-order valence-electron chi connectivity index (χ1n) is 16.7. The van der Waals surface area contributed by atoms with Gasteiger partial charge in [0.1, 0.15) is 0 Å². The fourth-order valence-electron chi connectivity index (χ4n) is 8.04. The predicted octanol–water partition coefficient (Wildman–Crippen LogP) is 13.6. The molecule has 0 N–H and O–H groups in total. The lowest BCUT2D eigenvalue weighted by Gasteiger charge is -2.20. The van der Waals surface area contributed by atoms with E-state index in [0.29, 0.717) is 0 Å². The predicted molar refractivity (Wildman–Crippen MR) is 208 cm³/mol. The Bertz CT molecular complexity index is 2830. The van der Waals surface area contributed by atoms with E-state index in [9.17, 15) is 0 Å². The molecule has 0 aliphatic carbocycles. The molecule has 0 bridgehead atoms. The van der Waals surface area contributed by atoms with E-state index < -0.39 is 0 Å². The Hall–Kier alpha value is -6.24. The van der Waals surface area contributed by atoms with Crippen LogP contribution in [0, 0.1) is 0 Å². The lowest BCUT2D eigenvalue weighted by Crippen LogP contribution is -1.92. The van der Waals surface area contributed by atoms with Crippen LogP contribution in [-0.4, -0.2) is 0 Å². The fraction of sp³-hybridized carbons (Fsp3) is 0.